The number of alkyl halides is 3. The lowest BCUT2D eigenvalue weighted by Crippen LogP contribution is -2.47. The first-order valence-corrected chi connectivity index (χ1v) is 6.18. The molecule has 0 saturated carbocycles. The van der Waals surface area contributed by atoms with Gasteiger partial charge in [-0.1, -0.05) is 20.3 Å². The molecular weight excluding hydrogens is 263 g/mol. The van der Waals surface area contributed by atoms with Crippen LogP contribution in [0.4, 0.5) is 13.2 Å². The van der Waals surface area contributed by atoms with E-state index in [0.29, 0.717) is 0 Å². The Morgan fingerprint density at radius 3 is 2.32 bits per heavy atom. The molecule has 0 aliphatic carbocycles. The molecule has 3 atom stereocenters. The smallest absolute Gasteiger partial charge is 0.388 e. The third-order valence-corrected chi connectivity index (χ3v) is 3.16. The van der Waals surface area contributed by atoms with Gasteiger partial charge in [-0.2, -0.15) is 13.2 Å². The van der Waals surface area contributed by atoms with Crippen LogP contribution in [-0.2, 0) is 9.53 Å². The maximum Gasteiger partial charge on any atom is 0.411 e. The highest BCUT2D eigenvalue weighted by molar-refractivity contribution is 5.80. The molecule has 0 fully saturated rings. The summed E-state index contributed by atoms with van der Waals surface area (Å²) in [6.07, 6.45) is -4.95. The van der Waals surface area contributed by atoms with Crippen LogP contribution < -0.4 is 5.32 Å². The van der Waals surface area contributed by atoms with Gasteiger partial charge in [0.05, 0.1) is 5.60 Å². The van der Waals surface area contributed by atoms with E-state index >= 15 is 0 Å². The van der Waals surface area contributed by atoms with Crippen LogP contribution in [0.5, 0.6) is 0 Å². The van der Waals surface area contributed by atoms with Gasteiger partial charge in [0, 0.05) is 6.54 Å². The summed E-state index contributed by atoms with van der Waals surface area (Å²) in [6, 6.07) is 0. The molecule has 0 spiro atoms. The number of rotatable bonds is 7. The summed E-state index contributed by atoms with van der Waals surface area (Å²) in [5.41, 5.74) is -1.10. The number of hydrogen-bond donors (Lipinski definition) is 2. The van der Waals surface area contributed by atoms with Crippen LogP contribution in [0.2, 0.25) is 0 Å². The molecule has 114 valence electrons. The summed E-state index contributed by atoms with van der Waals surface area (Å²) >= 11 is 0. The molecule has 0 saturated heterocycles. The van der Waals surface area contributed by atoms with Crippen molar-refractivity contribution < 1.29 is 27.8 Å². The number of ether oxygens (including phenoxy) is 1. The quantitative estimate of drug-likeness (QED) is 0.750. The van der Waals surface area contributed by atoms with Crippen LogP contribution in [0.15, 0.2) is 0 Å². The average molecular weight is 285 g/mol. The van der Waals surface area contributed by atoms with Crippen molar-refractivity contribution in [1.82, 2.24) is 5.32 Å². The monoisotopic (exact) mass is 285 g/mol. The second kappa shape index (κ2) is 7.09. The normalized spacial score (nSPS) is 18.5. The predicted molar refractivity (Wildman–Crippen MR) is 64.6 cm³/mol. The number of nitrogens with one attached hydrogen (secondary N) is 1. The molecule has 0 rings (SSSR count). The Morgan fingerprint density at radius 1 is 1.37 bits per heavy atom. The van der Waals surface area contributed by atoms with Crippen molar-refractivity contribution in [2.75, 3.05) is 13.2 Å². The second-order valence-corrected chi connectivity index (χ2v) is 4.95. The number of halogens is 3. The Bertz CT molecular complexity index is 292. The molecule has 0 aliphatic rings. The SMILES string of the molecule is CCC(C)C(C)(O)CNC(=O)C(C)OCC(F)(F)F. The lowest BCUT2D eigenvalue weighted by molar-refractivity contribution is -0.186. The highest BCUT2D eigenvalue weighted by Crippen LogP contribution is 2.19. The maximum atomic E-state index is 11.9. The van der Waals surface area contributed by atoms with Crippen molar-refractivity contribution in [2.45, 2.75) is 52.0 Å². The lowest BCUT2D eigenvalue weighted by atomic mass is 9.88. The third-order valence-electron chi connectivity index (χ3n) is 3.16. The maximum absolute atomic E-state index is 11.9. The highest BCUT2D eigenvalue weighted by atomic mass is 19.4. The van der Waals surface area contributed by atoms with Crippen molar-refractivity contribution in [1.29, 1.82) is 0 Å². The Hall–Kier alpha value is -0.820. The summed E-state index contributed by atoms with van der Waals surface area (Å²) in [6.45, 7) is 5.04. The van der Waals surface area contributed by atoms with Gasteiger partial charge in [0.1, 0.15) is 12.7 Å². The fourth-order valence-electron chi connectivity index (χ4n) is 1.32. The van der Waals surface area contributed by atoms with E-state index in [2.05, 4.69) is 10.1 Å². The zero-order chi connectivity index (χ0) is 15.3. The Balaban J connectivity index is 4.17. The van der Waals surface area contributed by atoms with E-state index in [1.54, 1.807) is 6.92 Å². The van der Waals surface area contributed by atoms with Crippen LogP contribution in [-0.4, -0.2) is 42.0 Å². The van der Waals surface area contributed by atoms with Crippen LogP contribution in [0.3, 0.4) is 0 Å². The van der Waals surface area contributed by atoms with Gasteiger partial charge in [0.25, 0.3) is 0 Å². The number of carbonyl (C=O) groups is 1. The van der Waals surface area contributed by atoms with Gasteiger partial charge in [-0.05, 0) is 19.8 Å². The van der Waals surface area contributed by atoms with Crippen LogP contribution in [0.1, 0.15) is 34.1 Å². The molecule has 0 bridgehead atoms. The molecular formula is C12H22F3NO3. The fourth-order valence-corrected chi connectivity index (χ4v) is 1.32. The van der Waals surface area contributed by atoms with Gasteiger partial charge >= 0.3 is 6.18 Å². The van der Waals surface area contributed by atoms with Crippen LogP contribution in [0, 0.1) is 5.92 Å². The summed E-state index contributed by atoms with van der Waals surface area (Å²) < 4.78 is 40.1. The van der Waals surface area contributed by atoms with Gasteiger partial charge < -0.3 is 15.2 Å². The summed E-state index contributed by atoms with van der Waals surface area (Å²) in [4.78, 5) is 11.5. The highest BCUT2D eigenvalue weighted by Gasteiger charge is 2.31. The minimum atomic E-state index is -4.46. The first-order valence-electron chi connectivity index (χ1n) is 6.18. The largest absolute Gasteiger partial charge is 0.411 e. The summed E-state index contributed by atoms with van der Waals surface area (Å²) in [5, 5.41) is 12.4. The Labute approximate surface area is 111 Å². The van der Waals surface area contributed by atoms with E-state index in [-0.39, 0.29) is 12.5 Å². The van der Waals surface area contributed by atoms with E-state index in [1.165, 1.54) is 6.92 Å². The van der Waals surface area contributed by atoms with Crippen molar-refractivity contribution in [2.24, 2.45) is 5.92 Å². The number of amides is 1. The van der Waals surface area contributed by atoms with Crippen LogP contribution >= 0.6 is 0 Å². The van der Waals surface area contributed by atoms with Gasteiger partial charge in [-0.15, -0.1) is 0 Å². The molecule has 1 amide bonds. The molecule has 3 unspecified atom stereocenters. The van der Waals surface area contributed by atoms with Crippen molar-refractivity contribution in [3.63, 3.8) is 0 Å². The molecule has 0 aromatic heterocycles. The Kier molecular flexibility index (Phi) is 6.79. The topological polar surface area (TPSA) is 58.6 Å². The van der Waals surface area contributed by atoms with Crippen molar-refractivity contribution in [3.8, 4) is 0 Å². The number of carbonyl (C=O) groups excluding carboxylic acids is 1. The van der Waals surface area contributed by atoms with Crippen LogP contribution in [0.25, 0.3) is 0 Å². The first-order chi connectivity index (χ1) is 8.49. The molecule has 2 N–H and O–H groups in total. The van der Waals surface area contributed by atoms with Gasteiger partial charge in [0.2, 0.25) is 5.91 Å². The molecule has 4 nitrogen and oxygen atoms in total. The lowest BCUT2D eigenvalue weighted by Gasteiger charge is -2.30. The van der Waals surface area contributed by atoms with E-state index in [9.17, 15) is 23.1 Å². The van der Waals surface area contributed by atoms with E-state index in [1.807, 2.05) is 13.8 Å². The van der Waals surface area contributed by atoms with Gasteiger partial charge in [0.15, 0.2) is 0 Å². The summed E-state index contributed by atoms with van der Waals surface area (Å²) in [7, 11) is 0. The Morgan fingerprint density at radius 2 is 1.89 bits per heavy atom. The minimum Gasteiger partial charge on any atom is -0.388 e. The first kappa shape index (κ1) is 18.2. The molecule has 0 radical (unpaired) electrons. The standard InChI is InChI=1S/C12H22F3NO3/c1-5-8(2)11(4,18)6-16-10(17)9(3)19-7-12(13,14)15/h8-9,18H,5-7H2,1-4H3,(H,16,17). The minimum absolute atomic E-state index is 0.0272. The number of hydrogen-bond acceptors (Lipinski definition) is 3. The average Bonchev–Trinajstić information content (AvgIpc) is 2.30. The zero-order valence-electron chi connectivity index (χ0n) is 11.7. The second-order valence-electron chi connectivity index (χ2n) is 4.95. The van der Waals surface area contributed by atoms with E-state index in [0.717, 1.165) is 6.42 Å². The van der Waals surface area contributed by atoms with Crippen molar-refractivity contribution in [3.05, 3.63) is 0 Å². The fraction of sp³-hybridized carbons (Fsp3) is 0.917. The van der Waals surface area contributed by atoms with E-state index in [4.69, 9.17) is 0 Å². The third kappa shape index (κ3) is 7.37. The van der Waals surface area contributed by atoms with E-state index < -0.39 is 30.4 Å². The van der Waals surface area contributed by atoms with Crippen molar-refractivity contribution >= 4 is 5.91 Å². The molecule has 19 heavy (non-hydrogen) atoms. The summed E-state index contributed by atoms with van der Waals surface area (Å²) in [5.74, 6) is -0.716. The number of aliphatic hydroxyl groups is 1. The van der Waals surface area contributed by atoms with Gasteiger partial charge in [-0.3, -0.25) is 4.79 Å². The van der Waals surface area contributed by atoms with Gasteiger partial charge in [-0.25, -0.2) is 0 Å². The molecule has 0 aromatic rings. The molecule has 0 heterocycles. The molecule has 0 aliphatic heterocycles. The molecule has 7 heteroatoms. The molecule has 0 aromatic carbocycles. The zero-order valence-corrected chi connectivity index (χ0v) is 11.7. The predicted octanol–water partition coefficient (Wildman–Crippen LogP) is 1.87.